The van der Waals surface area contributed by atoms with Crippen molar-refractivity contribution in [2.24, 2.45) is 4.99 Å². The summed E-state index contributed by atoms with van der Waals surface area (Å²) in [5.74, 6) is -0.203. The van der Waals surface area contributed by atoms with Gasteiger partial charge in [0.2, 0.25) is 5.88 Å². The molecule has 0 saturated heterocycles. The predicted octanol–water partition coefficient (Wildman–Crippen LogP) is 2.67. The zero-order valence-corrected chi connectivity index (χ0v) is 15.6. The standard InChI is InChI=1S/C18H24N4O2S/c1-4-21(5-2)10-9-19-12-15-16(23)20-18(25)22(17(15)24)14-8-6-7-13(3)11-14/h6-8,11-12,24H,4-5,9-10H2,1-3H3,(H,20,23,25). The van der Waals surface area contributed by atoms with Gasteiger partial charge in [-0.25, -0.2) is 0 Å². The molecule has 134 valence electrons. The molecule has 1 aromatic carbocycles. The summed E-state index contributed by atoms with van der Waals surface area (Å²) in [6.45, 7) is 9.41. The van der Waals surface area contributed by atoms with E-state index in [4.69, 9.17) is 12.2 Å². The molecule has 0 saturated carbocycles. The molecule has 0 radical (unpaired) electrons. The van der Waals surface area contributed by atoms with Gasteiger partial charge in [0.05, 0.1) is 12.2 Å². The lowest BCUT2D eigenvalue weighted by molar-refractivity contribution is 0.313. The molecule has 0 bridgehead atoms. The lowest BCUT2D eigenvalue weighted by atomic mass is 10.2. The number of hydrogen-bond acceptors (Lipinski definition) is 5. The molecule has 0 aliphatic heterocycles. The van der Waals surface area contributed by atoms with Gasteiger partial charge < -0.3 is 10.0 Å². The van der Waals surface area contributed by atoms with Crippen molar-refractivity contribution in [3.63, 3.8) is 0 Å². The second kappa shape index (κ2) is 8.73. The molecule has 0 unspecified atom stereocenters. The molecule has 25 heavy (non-hydrogen) atoms. The molecule has 1 heterocycles. The third-order valence-electron chi connectivity index (χ3n) is 4.04. The number of rotatable bonds is 7. The van der Waals surface area contributed by atoms with Crippen molar-refractivity contribution >= 4 is 18.4 Å². The van der Waals surface area contributed by atoms with Gasteiger partial charge in [0, 0.05) is 12.8 Å². The zero-order valence-electron chi connectivity index (χ0n) is 14.8. The van der Waals surface area contributed by atoms with Crippen molar-refractivity contribution in [1.82, 2.24) is 14.5 Å². The monoisotopic (exact) mass is 360 g/mol. The molecule has 0 aliphatic carbocycles. The lowest BCUT2D eigenvalue weighted by Crippen LogP contribution is -2.25. The molecular weight excluding hydrogens is 336 g/mol. The normalized spacial score (nSPS) is 11.5. The number of aliphatic imine (C=N–C) groups is 1. The van der Waals surface area contributed by atoms with E-state index in [1.807, 2.05) is 31.2 Å². The van der Waals surface area contributed by atoms with Crippen LogP contribution < -0.4 is 5.56 Å². The van der Waals surface area contributed by atoms with Gasteiger partial charge in [-0.2, -0.15) is 0 Å². The van der Waals surface area contributed by atoms with Crippen molar-refractivity contribution in [1.29, 1.82) is 0 Å². The molecule has 2 aromatic rings. The maximum Gasteiger partial charge on any atom is 0.264 e. The van der Waals surface area contributed by atoms with Crippen molar-refractivity contribution in [3.8, 4) is 11.6 Å². The number of hydrogen-bond donors (Lipinski definition) is 2. The van der Waals surface area contributed by atoms with E-state index in [1.165, 1.54) is 10.8 Å². The van der Waals surface area contributed by atoms with Gasteiger partial charge in [0.15, 0.2) is 4.77 Å². The summed E-state index contributed by atoms with van der Waals surface area (Å²) in [6.07, 6.45) is 1.42. The topological polar surface area (TPSA) is 73.6 Å². The molecule has 0 aliphatic rings. The van der Waals surface area contributed by atoms with Crippen LogP contribution in [0.25, 0.3) is 5.69 Å². The minimum Gasteiger partial charge on any atom is -0.494 e. The SMILES string of the molecule is CCN(CC)CCN=Cc1c(O)n(-c2cccc(C)c2)c(=S)[nH]c1=O. The first-order valence-electron chi connectivity index (χ1n) is 8.35. The Kier molecular flexibility index (Phi) is 6.66. The molecule has 6 nitrogen and oxygen atoms in total. The average Bonchev–Trinajstić information content (AvgIpc) is 2.57. The molecule has 0 spiro atoms. The Morgan fingerprint density at radius 2 is 2.08 bits per heavy atom. The summed E-state index contributed by atoms with van der Waals surface area (Å²) in [7, 11) is 0. The number of aromatic hydroxyl groups is 1. The van der Waals surface area contributed by atoms with Crippen molar-refractivity contribution in [2.75, 3.05) is 26.2 Å². The van der Waals surface area contributed by atoms with Gasteiger partial charge in [-0.05, 0) is 49.9 Å². The Morgan fingerprint density at radius 3 is 2.72 bits per heavy atom. The summed E-state index contributed by atoms with van der Waals surface area (Å²) in [4.78, 5) is 21.3. The Morgan fingerprint density at radius 1 is 1.36 bits per heavy atom. The van der Waals surface area contributed by atoms with Gasteiger partial charge in [0.25, 0.3) is 5.56 Å². The van der Waals surface area contributed by atoms with E-state index in [2.05, 4.69) is 28.7 Å². The van der Waals surface area contributed by atoms with Crippen LogP contribution >= 0.6 is 12.2 Å². The fourth-order valence-corrected chi connectivity index (χ4v) is 2.84. The quantitative estimate of drug-likeness (QED) is 0.588. The summed E-state index contributed by atoms with van der Waals surface area (Å²) < 4.78 is 1.59. The summed E-state index contributed by atoms with van der Waals surface area (Å²) >= 11 is 5.21. The van der Waals surface area contributed by atoms with E-state index in [1.54, 1.807) is 0 Å². The Balaban J connectivity index is 2.35. The Labute approximate surface area is 152 Å². The van der Waals surface area contributed by atoms with Crippen LogP contribution in [-0.2, 0) is 0 Å². The van der Waals surface area contributed by atoms with Crippen LogP contribution in [0.3, 0.4) is 0 Å². The van der Waals surface area contributed by atoms with Crippen LogP contribution in [-0.4, -0.2) is 52.0 Å². The third kappa shape index (κ3) is 4.64. The smallest absolute Gasteiger partial charge is 0.264 e. The average molecular weight is 360 g/mol. The highest BCUT2D eigenvalue weighted by Gasteiger charge is 2.12. The van der Waals surface area contributed by atoms with E-state index in [9.17, 15) is 9.90 Å². The molecular formula is C18H24N4O2S. The number of H-pyrrole nitrogens is 1. The fourth-order valence-electron chi connectivity index (χ4n) is 2.56. The first-order valence-corrected chi connectivity index (χ1v) is 8.76. The highest BCUT2D eigenvalue weighted by molar-refractivity contribution is 7.71. The summed E-state index contributed by atoms with van der Waals surface area (Å²) in [5, 5.41) is 10.6. The molecule has 2 rings (SSSR count). The van der Waals surface area contributed by atoms with Crippen molar-refractivity contribution in [2.45, 2.75) is 20.8 Å². The van der Waals surface area contributed by atoms with E-state index in [-0.39, 0.29) is 16.2 Å². The molecule has 0 amide bonds. The van der Waals surface area contributed by atoms with Crippen LogP contribution in [0.4, 0.5) is 0 Å². The maximum atomic E-state index is 12.2. The number of aromatic amines is 1. The number of nitrogens with zero attached hydrogens (tertiary/aromatic N) is 3. The highest BCUT2D eigenvalue weighted by Crippen LogP contribution is 2.19. The number of benzene rings is 1. The number of aromatic nitrogens is 2. The fraction of sp³-hybridized carbons (Fsp3) is 0.389. The predicted molar refractivity (Wildman–Crippen MR) is 104 cm³/mol. The van der Waals surface area contributed by atoms with Crippen LogP contribution in [0.5, 0.6) is 5.88 Å². The maximum absolute atomic E-state index is 12.2. The number of aryl methyl sites for hydroxylation is 1. The first kappa shape index (κ1) is 19.1. The largest absolute Gasteiger partial charge is 0.494 e. The second-order valence-electron chi connectivity index (χ2n) is 5.73. The number of nitrogens with one attached hydrogen (secondary N) is 1. The second-order valence-corrected chi connectivity index (χ2v) is 6.12. The van der Waals surface area contributed by atoms with Gasteiger partial charge >= 0.3 is 0 Å². The van der Waals surface area contributed by atoms with Gasteiger partial charge in [-0.1, -0.05) is 26.0 Å². The minimum atomic E-state index is -0.446. The zero-order chi connectivity index (χ0) is 18.4. The van der Waals surface area contributed by atoms with Crippen LogP contribution in [0.15, 0.2) is 34.1 Å². The molecule has 2 N–H and O–H groups in total. The summed E-state index contributed by atoms with van der Waals surface area (Å²) in [6, 6.07) is 7.53. The lowest BCUT2D eigenvalue weighted by Gasteiger charge is -2.16. The van der Waals surface area contributed by atoms with Crippen molar-refractivity contribution < 1.29 is 5.11 Å². The van der Waals surface area contributed by atoms with Gasteiger partial charge in [-0.15, -0.1) is 0 Å². The van der Waals surface area contributed by atoms with E-state index in [0.29, 0.717) is 12.2 Å². The van der Waals surface area contributed by atoms with E-state index in [0.717, 1.165) is 25.2 Å². The Hall–Kier alpha value is -2.25. The minimum absolute atomic E-state index is 0.106. The van der Waals surface area contributed by atoms with Crippen LogP contribution in [0.1, 0.15) is 25.0 Å². The number of likely N-dealkylation sites (N-methyl/N-ethyl adjacent to an activating group) is 1. The Bertz CT molecular complexity index is 866. The molecule has 7 heteroatoms. The van der Waals surface area contributed by atoms with Crippen molar-refractivity contribution in [3.05, 3.63) is 50.5 Å². The van der Waals surface area contributed by atoms with Gasteiger partial charge in [-0.3, -0.25) is 19.3 Å². The highest BCUT2D eigenvalue weighted by atomic mass is 32.1. The first-order chi connectivity index (χ1) is 12.0. The van der Waals surface area contributed by atoms with Crippen LogP contribution in [0, 0.1) is 11.7 Å². The molecule has 1 aromatic heterocycles. The molecule has 0 atom stereocenters. The van der Waals surface area contributed by atoms with Crippen LogP contribution in [0.2, 0.25) is 0 Å². The van der Waals surface area contributed by atoms with E-state index < -0.39 is 5.56 Å². The summed E-state index contributed by atoms with van der Waals surface area (Å²) in [5.41, 5.74) is 1.38. The van der Waals surface area contributed by atoms with E-state index >= 15 is 0 Å². The molecule has 0 fully saturated rings. The van der Waals surface area contributed by atoms with Gasteiger partial charge in [0.1, 0.15) is 5.56 Å². The third-order valence-corrected chi connectivity index (χ3v) is 4.33.